The number of morpholine rings is 1. The molecule has 2 amide bonds. The first-order valence-electron chi connectivity index (χ1n) is 12.9. The summed E-state index contributed by atoms with van der Waals surface area (Å²) >= 11 is 0. The number of amides is 2. The van der Waals surface area contributed by atoms with Gasteiger partial charge >= 0.3 is 0 Å². The summed E-state index contributed by atoms with van der Waals surface area (Å²) in [5, 5.41) is 2.70. The van der Waals surface area contributed by atoms with Crippen LogP contribution in [0, 0.1) is 5.82 Å². The molecule has 2 aliphatic heterocycles. The van der Waals surface area contributed by atoms with Crippen LogP contribution in [0.25, 0.3) is 0 Å². The highest BCUT2D eigenvalue weighted by atomic mass is 19.1. The maximum Gasteiger partial charge on any atom is 0.278 e. The Morgan fingerprint density at radius 3 is 2.83 bits per heavy atom. The van der Waals surface area contributed by atoms with Crippen LogP contribution >= 0.6 is 0 Å². The molecule has 0 spiro atoms. The standard InChI is InChI=1S/C29H29FN4O6/c1-2-3-12-39-23-14-21(30)10-9-20(23)15-31-28(36)22-16-34-25(29(37)33-11-13-38-18-24(33)32-34)27(26(22)35)40-17-19-7-5-4-6-8-19/h2,4-10,14,16,24,32H,1,3,11-13,15,17-18H2,(H,31,36). The van der Waals surface area contributed by atoms with Crippen molar-refractivity contribution in [3.8, 4) is 11.5 Å². The summed E-state index contributed by atoms with van der Waals surface area (Å²) in [4.78, 5) is 41.9. The van der Waals surface area contributed by atoms with Gasteiger partial charge in [-0.05, 0) is 18.1 Å². The van der Waals surface area contributed by atoms with Crippen LogP contribution in [0.5, 0.6) is 11.5 Å². The second-order valence-electron chi connectivity index (χ2n) is 9.27. The number of halogens is 1. The van der Waals surface area contributed by atoms with Crippen molar-refractivity contribution in [1.29, 1.82) is 0 Å². The average molecular weight is 549 g/mol. The Morgan fingerprint density at radius 2 is 2.02 bits per heavy atom. The molecule has 1 atom stereocenters. The van der Waals surface area contributed by atoms with Crippen LogP contribution in [-0.2, 0) is 17.9 Å². The van der Waals surface area contributed by atoms with Crippen LogP contribution < -0.4 is 25.6 Å². The van der Waals surface area contributed by atoms with E-state index in [4.69, 9.17) is 14.2 Å². The summed E-state index contributed by atoms with van der Waals surface area (Å²) in [6, 6.07) is 13.2. The molecular formula is C29H29FN4O6. The average Bonchev–Trinajstić information content (AvgIpc) is 2.97. The second kappa shape index (κ2) is 12.0. The molecule has 1 fully saturated rings. The van der Waals surface area contributed by atoms with Crippen molar-refractivity contribution in [2.45, 2.75) is 25.7 Å². The fraction of sp³-hybridized carbons (Fsp3) is 0.276. The van der Waals surface area contributed by atoms with E-state index < -0.39 is 29.2 Å². The van der Waals surface area contributed by atoms with E-state index in [1.807, 2.05) is 30.3 Å². The number of carbonyl (C=O) groups is 2. The molecule has 2 aromatic carbocycles. The molecule has 40 heavy (non-hydrogen) atoms. The third-order valence-corrected chi connectivity index (χ3v) is 6.56. The van der Waals surface area contributed by atoms with Gasteiger partial charge in [0.2, 0.25) is 5.43 Å². The number of pyridine rings is 1. The van der Waals surface area contributed by atoms with Crippen LogP contribution in [0.4, 0.5) is 4.39 Å². The number of nitrogens with zero attached hydrogens (tertiary/aromatic N) is 2. The van der Waals surface area contributed by atoms with Crippen molar-refractivity contribution in [2.75, 3.05) is 31.8 Å². The highest BCUT2D eigenvalue weighted by molar-refractivity contribution is 5.99. The summed E-state index contributed by atoms with van der Waals surface area (Å²) in [6.45, 7) is 4.90. The molecule has 3 heterocycles. The molecule has 208 valence electrons. The highest BCUT2D eigenvalue weighted by Gasteiger charge is 2.38. The van der Waals surface area contributed by atoms with Crippen LogP contribution in [0.15, 0.2) is 72.2 Å². The van der Waals surface area contributed by atoms with Gasteiger partial charge in [0.25, 0.3) is 11.8 Å². The lowest BCUT2D eigenvalue weighted by molar-refractivity contribution is -0.00330. The minimum absolute atomic E-state index is 0.00655. The van der Waals surface area contributed by atoms with Gasteiger partial charge in [-0.25, -0.2) is 4.39 Å². The summed E-state index contributed by atoms with van der Waals surface area (Å²) < 4.78 is 32.2. The number of hydrogen-bond donors (Lipinski definition) is 2. The first kappa shape index (κ1) is 26.9. The van der Waals surface area contributed by atoms with E-state index in [1.54, 1.807) is 11.0 Å². The van der Waals surface area contributed by atoms with Gasteiger partial charge in [0.15, 0.2) is 11.4 Å². The molecule has 2 aliphatic rings. The van der Waals surface area contributed by atoms with Gasteiger partial charge < -0.3 is 29.9 Å². The van der Waals surface area contributed by atoms with Crippen molar-refractivity contribution < 1.29 is 28.2 Å². The van der Waals surface area contributed by atoms with E-state index >= 15 is 0 Å². The maximum atomic E-state index is 13.8. The van der Waals surface area contributed by atoms with Crippen molar-refractivity contribution in [3.63, 3.8) is 0 Å². The van der Waals surface area contributed by atoms with Crippen molar-refractivity contribution in [1.82, 2.24) is 14.9 Å². The SMILES string of the molecule is C=CCCOc1cc(F)ccc1CNC(=O)c1cn2c(c(OCc3ccccc3)c1=O)C(=O)N1CCOCC1N2. The number of carbonyl (C=O) groups excluding carboxylic acids is 2. The van der Waals surface area contributed by atoms with Crippen LogP contribution in [-0.4, -0.2) is 53.9 Å². The van der Waals surface area contributed by atoms with Crippen LogP contribution in [0.3, 0.4) is 0 Å². The minimum atomic E-state index is -0.719. The zero-order chi connectivity index (χ0) is 28.1. The first-order valence-corrected chi connectivity index (χ1v) is 12.9. The summed E-state index contributed by atoms with van der Waals surface area (Å²) in [5.41, 5.74) is 3.51. The molecule has 2 N–H and O–H groups in total. The van der Waals surface area contributed by atoms with Gasteiger partial charge in [0.1, 0.15) is 29.9 Å². The molecule has 1 unspecified atom stereocenters. The Kier molecular flexibility index (Phi) is 8.11. The monoisotopic (exact) mass is 548 g/mol. The molecule has 3 aromatic rings. The van der Waals surface area contributed by atoms with E-state index in [9.17, 15) is 18.8 Å². The molecule has 11 heteroatoms. The second-order valence-corrected chi connectivity index (χ2v) is 9.27. The Labute approximate surface area is 229 Å². The lowest BCUT2D eigenvalue weighted by Crippen LogP contribution is -2.59. The third kappa shape index (κ3) is 5.69. The number of nitrogens with one attached hydrogen (secondary N) is 2. The molecule has 1 saturated heterocycles. The smallest absolute Gasteiger partial charge is 0.278 e. The number of fused-ring (bicyclic) bond motifs is 2. The van der Waals surface area contributed by atoms with Gasteiger partial charge in [-0.2, -0.15) is 0 Å². The zero-order valence-electron chi connectivity index (χ0n) is 21.7. The topological polar surface area (TPSA) is 111 Å². The third-order valence-electron chi connectivity index (χ3n) is 6.56. The van der Waals surface area contributed by atoms with Crippen LogP contribution in [0.1, 0.15) is 38.4 Å². The minimum Gasteiger partial charge on any atom is -0.493 e. The largest absolute Gasteiger partial charge is 0.493 e. The van der Waals surface area contributed by atoms with Crippen LogP contribution in [0.2, 0.25) is 0 Å². The van der Waals surface area contributed by atoms with E-state index in [0.717, 1.165) is 5.56 Å². The van der Waals surface area contributed by atoms with E-state index in [2.05, 4.69) is 17.3 Å². The van der Waals surface area contributed by atoms with Gasteiger partial charge in [0.05, 0.1) is 19.8 Å². The molecule has 0 saturated carbocycles. The number of ether oxygens (including phenoxy) is 3. The summed E-state index contributed by atoms with van der Waals surface area (Å²) in [6.07, 6.45) is 3.07. The Balaban J connectivity index is 1.44. The van der Waals surface area contributed by atoms with Gasteiger partial charge in [-0.15, -0.1) is 6.58 Å². The lowest BCUT2D eigenvalue weighted by atomic mass is 10.1. The highest BCUT2D eigenvalue weighted by Crippen LogP contribution is 2.25. The van der Waals surface area contributed by atoms with Gasteiger partial charge in [-0.3, -0.25) is 19.1 Å². The predicted octanol–water partition coefficient (Wildman–Crippen LogP) is 2.81. The maximum absolute atomic E-state index is 13.8. The fourth-order valence-corrected chi connectivity index (χ4v) is 4.50. The van der Waals surface area contributed by atoms with Crippen molar-refractivity contribution in [3.05, 3.63) is 106 Å². The lowest BCUT2D eigenvalue weighted by Gasteiger charge is -2.41. The molecule has 10 nitrogen and oxygen atoms in total. The van der Waals surface area contributed by atoms with Gasteiger partial charge in [-0.1, -0.05) is 42.5 Å². The summed E-state index contributed by atoms with van der Waals surface area (Å²) in [7, 11) is 0. The quantitative estimate of drug-likeness (QED) is 0.296. The Morgan fingerprint density at radius 1 is 1.20 bits per heavy atom. The normalized spacial score (nSPS) is 15.9. The van der Waals surface area contributed by atoms with E-state index in [-0.39, 0.29) is 42.5 Å². The van der Waals surface area contributed by atoms with Crippen molar-refractivity contribution >= 4 is 11.8 Å². The molecular weight excluding hydrogens is 519 g/mol. The first-order chi connectivity index (χ1) is 19.5. The van der Waals surface area contributed by atoms with E-state index in [1.165, 1.54) is 29.1 Å². The molecule has 0 aliphatic carbocycles. The Hall–Kier alpha value is -4.64. The number of benzene rings is 2. The zero-order valence-corrected chi connectivity index (χ0v) is 21.7. The molecule has 0 bridgehead atoms. The van der Waals surface area contributed by atoms with E-state index in [0.29, 0.717) is 31.7 Å². The number of aromatic nitrogens is 1. The molecule has 0 radical (unpaired) electrons. The fourth-order valence-electron chi connectivity index (χ4n) is 4.50. The number of rotatable bonds is 10. The molecule has 5 rings (SSSR count). The van der Waals surface area contributed by atoms with Gasteiger partial charge in [0, 0.05) is 30.9 Å². The molecule has 1 aromatic heterocycles. The predicted molar refractivity (Wildman–Crippen MR) is 144 cm³/mol. The summed E-state index contributed by atoms with van der Waals surface area (Å²) in [5.74, 6) is -1.52. The Bertz CT molecular complexity index is 1480. The van der Waals surface area contributed by atoms with Crippen molar-refractivity contribution in [2.24, 2.45) is 0 Å². The number of hydrogen-bond acceptors (Lipinski definition) is 7.